The Morgan fingerprint density at radius 3 is 2.33 bits per heavy atom. The summed E-state index contributed by atoms with van der Waals surface area (Å²) in [4.78, 5) is 38.3. The summed E-state index contributed by atoms with van der Waals surface area (Å²) in [5.41, 5.74) is 4.58. The number of carbonyl (C=O) groups excluding carboxylic acids is 2. The zero-order valence-corrected chi connectivity index (χ0v) is 18.8. The van der Waals surface area contributed by atoms with Crippen LogP contribution in [0.25, 0.3) is 11.1 Å². The van der Waals surface area contributed by atoms with Gasteiger partial charge in [-0.15, -0.1) is 0 Å². The van der Waals surface area contributed by atoms with E-state index in [4.69, 9.17) is 9.84 Å². The molecule has 174 valence electrons. The van der Waals surface area contributed by atoms with Gasteiger partial charge in [-0.1, -0.05) is 61.9 Å². The van der Waals surface area contributed by atoms with Crippen LogP contribution < -0.4 is 5.32 Å². The summed E-state index contributed by atoms with van der Waals surface area (Å²) in [6, 6.07) is 15.6. The van der Waals surface area contributed by atoms with Crippen molar-refractivity contribution < 1.29 is 24.2 Å². The number of rotatable bonds is 8. The molecule has 1 saturated heterocycles. The maximum absolute atomic E-state index is 13.0. The van der Waals surface area contributed by atoms with Crippen LogP contribution in [0.2, 0.25) is 0 Å². The third kappa shape index (κ3) is 5.02. The molecule has 2 amide bonds. The van der Waals surface area contributed by atoms with Crippen LogP contribution in [0.15, 0.2) is 48.5 Å². The van der Waals surface area contributed by atoms with Crippen molar-refractivity contribution in [1.29, 1.82) is 0 Å². The van der Waals surface area contributed by atoms with Gasteiger partial charge in [-0.3, -0.25) is 9.59 Å². The molecule has 1 aliphatic heterocycles. The van der Waals surface area contributed by atoms with E-state index in [0.29, 0.717) is 25.9 Å². The van der Waals surface area contributed by atoms with Crippen molar-refractivity contribution >= 4 is 18.0 Å². The molecule has 2 atom stereocenters. The van der Waals surface area contributed by atoms with Gasteiger partial charge in [0.05, 0.1) is 0 Å². The summed E-state index contributed by atoms with van der Waals surface area (Å²) in [5, 5.41) is 11.8. The zero-order valence-electron chi connectivity index (χ0n) is 18.8. The Bertz CT molecular complexity index is 991. The maximum atomic E-state index is 13.0. The lowest BCUT2D eigenvalue weighted by atomic mass is 9.98. The number of likely N-dealkylation sites (tertiary alicyclic amines) is 1. The van der Waals surface area contributed by atoms with Crippen LogP contribution in [0.5, 0.6) is 0 Å². The number of ether oxygens (including phenoxy) is 1. The van der Waals surface area contributed by atoms with Gasteiger partial charge in [-0.25, -0.2) is 4.79 Å². The third-order valence-electron chi connectivity index (χ3n) is 6.57. The molecule has 0 spiro atoms. The van der Waals surface area contributed by atoms with Crippen molar-refractivity contribution in [2.24, 2.45) is 5.92 Å². The van der Waals surface area contributed by atoms with Gasteiger partial charge in [-0.05, 0) is 41.0 Å². The molecule has 7 nitrogen and oxygen atoms in total. The third-order valence-corrected chi connectivity index (χ3v) is 6.57. The van der Waals surface area contributed by atoms with Gasteiger partial charge in [0.25, 0.3) is 0 Å². The molecule has 1 heterocycles. The van der Waals surface area contributed by atoms with Gasteiger partial charge < -0.3 is 20.1 Å². The molecule has 33 heavy (non-hydrogen) atoms. The highest BCUT2D eigenvalue weighted by atomic mass is 16.5. The van der Waals surface area contributed by atoms with Crippen LogP contribution in [-0.4, -0.2) is 53.7 Å². The Labute approximate surface area is 193 Å². The first-order valence-electron chi connectivity index (χ1n) is 11.6. The van der Waals surface area contributed by atoms with Gasteiger partial charge in [0.1, 0.15) is 12.6 Å². The summed E-state index contributed by atoms with van der Waals surface area (Å²) >= 11 is 0. The van der Waals surface area contributed by atoms with Gasteiger partial charge in [0.2, 0.25) is 5.91 Å². The van der Waals surface area contributed by atoms with E-state index in [1.807, 2.05) is 31.2 Å². The Morgan fingerprint density at radius 1 is 1.09 bits per heavy atom. The van der Waals surface area contributed by atoms with E-state index < -0.39 is 18.1 Å². The maximum Gasteiger partial charge on any atom is 0.407 e. The van der Waals surface area contributed by atoms with Crippen LogP contribution in [-0.2, 0) is 14.3 Å². The number of carboxylic acid groups (broad SMARTS) is 1. The summed E-state index contributed by atoms with van der Waals surface area (Å²) in [7, 11) is 0. The van der Waals surface area contributed by atoms with Crippen LogP contribution in [0.3, 0.4) is 0 Å². The average Bonchev–Trinajstić information content (AvgIpc) is 3.39. The van der Waals surface area contributed by atoms with Crippen LogP contribution in [0.4, 0.5) is 4.79 Å². The second kappa shape index (κ2) is 10.1. The lowest BCUT2D eigenvalue weighted by Gasteiger charge is -2.24. The quantitative estimate of drug-likeness (QED) is 0.633. The zero-order chi connectivity index (χ0) is 23.4. The van der Waals surface area contributed by atoms with Crippen molar-refractivity contribution in [2.75, 3.05) is 19.7 Å². The number of carbonyl (C=O) groups is 3. The number of nitrogens with one attached hydrogen (secondary N) is 1. The highest BCUT2D eigenvalue weighted by Crippen LogP contribution is 2.44. The highest BCUT2D eigenvalue weighted by molar-refractivity contribution is 5.86. The Balaban J connectivity index is 1.37. The van der Waals surface area contributed by atoms with Crippen LogP contribution in [0, 0.1) is 5.92 Å². The fourth-order valence-corrected chi connectivity index (χ4v) is 5.00. The minimum Gasteiger partial charge on any atom is -0.481 e. The van der Waals surface area contributed by atoms with E-state index in [-0.39, 0.29) is 30.8 Å². The molecule has 4 rings (SSSR count). The fourth-order valence-electron chi connectivity index (χ4n) is 5.00. The first-order valence-corrected chi connectivity index (χ1v) is 11.6. The normalized spacial score (nSPS) is 17.8. The predicted octanol–water partition coefficient (Wildman–Crippen LogP) is 4.02. The van der Waals surface area contributed by atoms with E-state index in [1.165, 1.54) is 0 Å². The predicted molar refractivity (Wildman–Crippen MR) is 124 cm³/mol. The smallest absolute Gasteiger partial charge is 0.407 e. The second-order valence-electron chi connectivity index (χ2n) is 8.85. The molecule has 7 heteroatoms. The second-order valence-corrected chi connectivity index (χ2v) is 8.85. The standard InChI is InChI=1S/C26H30N2O5/c1-2-7-23(25(31)28-13-12-17(15-28)14-24(29)30)27-26(32)33-16-22-20-10-5-3-8-18(20)19-9-4-6-11-21(19)22/h3-6,8-11,17,22-23H,2,7,12-16H2,1H3,(H,27,32)(H,29,30)/t17?,23-/m1/s1. The number of amides is 2. The largest absolute Gasteiger partial charge is 0.481 e. The van der Waals surface area contributed by atoms with Crippen molar-refractivity contribution in [3.05, 3.63) is 59.7 Å². The molecule has 1 unspecified atom stereocenters. The first-order chi connectivity index (χ1) is 16.0. The van der Waals surface area contributed by atoms with E-state index >= 15 is 0 Å². The molecule has 2 aromatic carbocycles. The average molecular weight is 451 g/mol. The minimum atomic E-state index is -0.851. The van der Waals surface area contributed by atoms with E-state index in [9.17, 15) is 14.4 Å². The molecule has 0 saturated carbocycles. The Morgan fingerprint density at radius 2 is 1.73 bits per heavy atom. The van der Waals surface area contributed by atoms with Gasteiger partial charge in [0, 0.05) is 25.4 Å². The van der Waals surface area contributed by atoms with Crippen molar-refractivity contribution in [2.45, 2.75) is 44.6 Å². The van der Waals surface area contributed by atoms with E-state index in [0.717, 1.165) is 28.7 Å². The monoisotopic (exact) mass is 450 g/mol. The lowest BCUT2D eigenvalue weighted by molar-refractivity contribution is -0.138. The number of alkyl carbamates (subject to hydrolysis) is 1. The number of benzene rings is 2. The molecule has 2 aliphatic rings. The minimum absolute atomic E-state index is 0.0387. The molecular weight excluding hydrogens is 420 g/mol. The SMILES string of the molecule is CCC[C@@H](NC(=O)OCC1c2ccccc2-c2ccccc21)C(=O)N1CCC(CC(=O)O)C1. The molecule has 2 N–H and O–H groups in total. The lowest BCUT2D eigenvalue weighted by Crippen LogP contribution is -2.48. The van der Waals surface area contributed by atoms with E-state index in [2.05, 4.69) is 29.6 Å². The van der Waals surface area contributed by atoms with Crippen LogP contribution in [0.1, 0.15) is 49.7 Å². The number of hydrogen-bond acceptors (Lipinski definition) is 4. The topological polar surface area (TPSA) is 95.9 Å². The molecule has 0 bridgehead atoms. The van der Waals surface area contributed by atoms with Gasteiger partial charge >= 0.3 is 12.1 Å². The van der Waals surface area contributed by atoms with Gasteiger partial charge in [0.15, 0.2) is 0 Å². The van der Waals surface area contributed by atoms with Crippen molar-refractivity contribution in [3.63, 3.8) is 0 Å². The van der Waals surface area contributed by atoms with Crippen molar-refractivity contribution in [3.8, 4) is 11.1 Å². The number of aliphatic carboxylic acids is 1. The number of hydrogen-bond donors (Lipinski definition) is 2. The van der Waals surface area contributed by atoms with Gasteiger partial charge in [-0.2, -0.15) is 0 Å². The number of fused-ring (bicyclic) bond motifs is 3. The fraction of sp³-hybridized carbons (Fsp3) is 0.423. The summed E-state index contributed by atoms with van der Waals surface area (Å²) in [6.07, 6.45) is 1.35. The summed E-state index contributed by atoms with van der Waals surface area (Å²) < 4.78 is 5.60. The molecular formula is C26H30N2O5. The molecule has 2 aromatic rings. The van der Waals surface area contributed by atoms with Crippen molar-refractivity contribution in [1.82, 2.24) is 10.2 Å². The Hall–Kier alpha value is -3.35. The Kier molecular flexibility index (Phi) is 6.96. The molecule has 1 aliphatic carbocycles. The molecule has 0 aromatic heterocycles. The highest BCUT2D eigenvalue weighted by Gasteiger charge is 2.33. The molecule has 1 fully saturated rings. The van der Waals surface area contributed by atoms with Crippen LogP contribution >= 0.6 is 0 Å². The first kappa shape index (κ1) is 22.8. The number of carboxylic acids is 1. The summed E-state index contributed by atoms with van der Waals surface area (Å²) in [6.45, 7) is 3.08. The summed E-state index contributed by atoms with van der Waals surface area (Å²) in [5.74, 6) is -1.10. The molecule has 0 radical (unpaired) electrons. The number of nitrogens with zero attached hydrogens (tertiary/aromatic N) is 1. The van der Waals surface area contributed by atoms with E-state index in [1.54, 1.807) is 4.90 Å².